The van der Waals surface area contributed by atoms with Crippen molar-refractivity contribution < 1.29 is 5.11 Å². The summed E-state index contributed by atoms with van der Waals surface area (Å²) in [6.45, 7) is 1.02. The second kappa shape index (κ2) is 7.97. The van der Waals surface area contributed by atoms with Crippen molar-refractivity contribution in [3.8, 4) is 0 Å². The van der Waals surface area contributed by atoms with Crippen molar-refractivity contribution in [2.24, 2.45) is 17.8 Å². The largest absolute Gasteiger partial charge is 0.393 e. The molecule has 21 heavy (non-hydrogen) atoms. The predicted octanol–water partition coefficient (Wildman–Crippen LogP) is 4.27. The van der Waals surface area contributed by atoms with Crippen LogP contribution in [0.1, 0.15) is 83.5 Å². The number of hydrogen-bond donors (Lipinski definition) is 2. The van der Waals surface area contributed by atoms with E-state index in [-0.39, 0.29) is 6.10 Å². The topological polar surface area (TPSA) is 32.3 Å². The molecule has 0 unspecified atom stereocenters. The fourth-order valence-corrected chi connectivity index (χ4v) is 5.39. The SMILES string of the molecule is O[C@@H]1CCN[C@@H](CC(C2CCCCC2)C2CCCCC2)C1. The molecule has 1 aliphatic heterocycles. The maximum atomic E-state index is 9.97. The van der Waals surface area contributed by atoms with Gasteiger partial charge < -0.3 is 10.4 Å². The van der Waals surface area contributed by atoms with Crippen molar-refractivity contribution in [3.05, 3.63) is 0 Å². The molecule has 1 heterocycles. The standard InChI is InChI=1S/C19H35NO/c21-18-11-12-20-17(13-18)14-19(15-7-3-1-4-8-15)16-9-5-2-6-10-16/h15-21H,1-14H2/t17-,18-/m1/s1. The fraction of sp³-hybridized carbons (Fsp3) is 1.00. The van der Waals surface area contributed by atoms with Gasteiger partial charge in [-0.1, -0.05) is 64.2 Å². The van der Waals surface area contributed by atoms with E-state index in [0.29, 0.717) is 6.04 Å². The zero-order valence-corrected chi connectivity index (χ0v) is 13.7. The summed E-state index contributed by atoms with van der Waals surface area (Å²) in [5.41, 5.74) is 0. The summed E-state index contributed by atoms with van der Waals surface area (Å²) in [5, 5.41) is 13.7. The lowest BCUT2D eigenvalue weighted by Gasteiger charge is -2.41. The number of piperidine rings is 1. The minimum Gasteiger partial charge on any atom is -0.393 e. The lowest BCUT2D eigenvalue weighted by molar-refractivity contribution is 0.0805. The van der Waals surface area contributed by atoms with Crippen LogP contribution in [0, 0.1) is 17.8 Å². The highest BCUT2D eigenvalue weighted by molar-refractivity contribution is 4.87. The van der Waals surface area contributed by atoms with Crippen molar-refractivity contribution in [2.75, 3.05) is 6.54 Å². The maximum Gasteiger partial charge on any atom is 0.0567 e. The molecule has 0 spiro atoms. The van der Waals surface area contributed by atoms with Gasteiger partial charge in [-0.2, -0.15) is 0 Å². The van der Waals surface area contributed by atoms with Gasteiger partial charge in [0, 0.05) is 6.04 Å². The molecule has 2 aliphatic carbocycles. The van der Waals surface area contributed by atoms with E-state index in [1.54, 1.807) is 0 Å². The Morgan fingerprint density at radius 2 is 1.38 bits per heavy atom. The first-order valence-electron chi connectivity index (χ1n) is 9.74. The number of rotatable bonds is 4. The summed E-state index contributed by atoms with van der Waals surface area (Å²) in [5.74, 6) is 2.92. The smallest absolute Gasteiger partial charge is 0.0567 e. The molecule has 0 aromatic heterocycles. The zero-order valence-electron chi connectivity index (χ0n) is 13.7. The van der Waals surface area contributed by atoms with Gasteiger partial charge in [-0.15, -0.1) is 0 Å². The molecule has 2 atom stereocenters. The molecule has 2 saturated carbocycles. The summed E-state index contributed by atoms with van der Waals surface area (Å²) in [4.78, 5) is 0. The molecule has 0 bridgehead atoms. The van der Waals surface area contributed by atoms with Gasteiger partial charge in [-0.05, 0) is 43.6 Å². The van der Waals surface area contributed by atoms with Gasteiger partial charge in [-0.3, -0.25) is 0 Å². The van der Waals surface area contributed by atoms with E-state index in [9.17, 15) is 5.11 Å². The molecular weight excluding hydrogens is 258 g/mol. The Balaban J connectivity index is 1.62. The minimum absolute atomic E-state index is 0.0467. The third-order valence-electron chi connectivity index (χ3n) is 6.53. The molecule has 2 nitrogen and oxygen atoms in total. The Hall–Kier alpha value is -0.0800. The third kappa shape index (κ3) is 4.45. The number of aliphatic hydroxyl groups is 1. The molecule has 0 aromatic carbocycles. The van der Waals surface area contributed by atoms with Crippen LogP contribution in [0.4, 0.5) is 0 Å². The van der Waals surface area contributed by atoms with E-state index in [2.05, 4.69) is 5.32 Å². The molecule has 0 aromatic rings. The van der Waals surface area contributed by atoms with E-state index in [1.807, 2.05) is 0 Å². The molecule has 122 valence electrons. The van der Waals surface area contributed by atoms with Crippen LogP contribution in [-0.4, -0.2) is 23.8 Å². The first-order chi connectivity index (χ1) is 10.3. The molecule has 0 amide bonds. The van der Waals surface area contributed by atoms with Crippen molar-refractivity contribution in [1.29, 1.82) is 0 Å². The summed E-state index contributed by atoms with van der Waals surface area (Å²) in [6, 6.07) is 0.586. The van der Waals surface area contributed by atoms with E-state index >= 15 is 0 Å². The van der Waals surface area contributed by atoms with Crippen LogP contribution in [0.2, 0.25) is 0 Å². The summed E-state index contributed by atoms with van der Waals surface area (Å²) in [6.07, 6.45) is 18.0. The Bertz CT molecular complexity index is 276. The van der Waals surface area contributed by atoms with Gasteiger partial charge in [0.2, 0.25) is 0 Å². The van der Waals surface area contributed by atoms with E-state index in [4.69, 9.17) is 0 Å². The Morgan fingerprint density at radius 3 is 1.90 bits per heavy atom. The van der Waals surface area contributed by atoms with Gasteiger partial charge >= 0.3 is 0 Å². The van der Waals surface area contributed by atoms with Gasteiger partial charge in [0.15, 0.2) is 0 Å². The number of hydrogen-bond acceptors (Lipinski definition) is 2. The molecule has 3 fully saturated rings. The Kier molecular flexibility index (Phi) is 5.99. The van der Waals surface area contributed by atoms with Crippen LogP contribution in [0.5, 0.6) is 0 Å². The normalized spacial score (nSPS) is 33.4. The lowest BCUT2D eigenvalue weighted by Crippen LogP contribution is -2.43. The van der Waals surface area contributed by atoms with Gasteiger partial charge in [0.1, 0.15) is 0 Å². The highest BCUT2D eigenvalue weighted by Gasteiger charge is 2.34. The van der Waals surface area contributed by atoms with Crippen molar-refractivity contribution in [1.82, 2.24) is 5.32 Å². The van der Waals surface area contributed by atoms with Crippen LogP contribution in [0.3, 0.4) is 0 Å². The van der Waals surface area contributed by atoms with Gasteiger partial charge in [0.25, 0.3) is 0 Å². The zero-order chi connectivity index (χ0) is 14.5. The Labute approximate surface area is 131 Å². The average molecular weight is 293 g/mol. The van der Waals surface area contributed by atoms with Crippen LogP contribution in [0.15, 0.2) is 0 Å². The second-order valence-electron chi connectivity index (χ2n) is 8.02. The van der Waals surface area contributed by atoms with Crippen molar-refractivity contribution >= 4 is 0 Å². The molecule has 1 saturated heterocycles. The first kappa shape index (κ1) is 15.8. The molecule has 2 N–H and O–H groups in total. The van der Waals surface area contributed by atoms with Crippen molar-refractivity contribution in [3.63, 3.8) is 0 Å². The summed E-state index contributed by atoms with van der Waals surface area (Å²) >= 11 is 0. The maximum absolute atomic E-state index is 9.97. The molecule has 2 heteroatoms. The van der Waals surface area contributed by atoms with Crippen LogP contribution >= 0.6 is 0 Å². The second-order valence-corrected chi connectivity index (χ2v) is 8.02. The quantitative estimate of drug-likeness (QED) is 0.811. The monoisotopic (exact) mass is 293 g/mol. The number of aliphatic hydroxyl groups excluding tert-OH is 1. The van der Waals surface area contributed by atoms with E-state index in [1.165, 1.54) is 70.6 Å². The molecular formula is C19H35NO. The molecule has 3 aliphatic rings. The van der Waals surface area contributed by atoms with E-state index in [0.717, 1.165) is 37.1 Å². The van der Waals surface area contributed by atoms with E-state index < -0.39 is 0 Å². The number of nitrogens with one attached hydrogen (secondary N) is 1. The molecule has 0 radical (unpaired) electrons. The Morgan fingerprint density at radius 1 is 0.810 bits per heavy atom. The van der Waals surface area contributed by atoms with Crippen molar-refractivity contribution in [2.45, 2.75) is 95.6 Å². The van der Waals surface area contributed by atoms with Crippen LogP contribution in [0.25, 0.3) is 0 Å². The summed E-state index contributed by atoms with van der Waals surface area (Å²) in [7, 11) is 0. The predicted molar refractivity (Wildman–Crippen MR) is 88.3 cm³/mol. The highest BCUT2D eigenvalue weighted by Crippen LogP contribution is 2.42. The van der Waals surface area contributed by atoms with Gasteiger partial charge in [0.05, 0.1) is 6.10 Å². The van der Waals surface area contributed by atoms with Crippen LogP contribution < -0.4 is 5.32 Å². The lowest BCUT2D eigenvalue weighted by atomic mass is 9.67. The minimum atomic E-state index is -0.0467. The van der Waals surface area contributed by atoms with Gasteiger partial charge in [-0.25, -0.2) is 0 Å². The first-order valence-corrected chi connectivity index (χ1v) is 9.74. The fourth-order valence-electron chi connectivity index (χ4n) is 5.39. The average Bonchev–Trinajstić information content (AvgIpc) is 2.54. The molecule has 3 rings (SSSR count). The summed E-state index contributed by atoms with van der Waals surface area (Å²) < 4.78 is 0. The van der Waals surface area contributed by atoms with Crippen LogP contribution in [-0.2, 0) is 0 Å². The third-order valence-corrected chi connectivity index (χ3v) is 6.53. The highest BCUT2D eigenvalue weighted by atomic mass is 16.3.